The minimum absolute atomic E-state index is 0.119. The van der Waals surface area contributed by atoms with Gasteiger partial charge < -0.3 is 9.97 Å². The average molecular weight is 1000 g/mol. The van der Waals surface area contributed by atoms with Crippen molar-refractivity contribution in [1.82, 2.24) is 45.1 Å². The molecule has 14 aromatic rings. The lowest BCUT2D eigenvalue weighted by Crippen LogP contribution is -2.14. The van der Waals surface area contributed by atoms with E-state index in [2.05, 4.69) is 168 Å². The first-order valence-corrected chi connectivity index (χ1v) is 26.4. The van der Waals surface area contributed by atoms with Crippen molar-refractivity contribution in [2.45, 2.75) is 18.8 Å². The van der Waals surface area contributed by atoms with Crippen LogP contribution in [-0.2, 0) is 0 Å². The maximum atomic E-state index is 5.60. The molecule has 8 aromatic carbocycles. The molecule has 364 valence electrons. The van der Waals surface area contributed by atoms with E-state index in [1.165, 1.54) is 0 Å². The van der Waals surface area contributed by atoms with Crippen molar-refractivity contribution in [2.24, 2.45) is 9.98 Å². The van der Waals surface area contributed by atoms with Gasteiger partial charge in [-0.2, -0.15) is 0 Å². The molecule has 0 amide bonds. The molecule has 0 radical (unpaired) electrons. The second kappa shape index (κ2) is 16.6. The number of benzene rings is 8. The normalized spacial score (nSPS) is 15.1. The standard InChI is InChI=1S/C67H41N11/c1-5-20-48-37(12-1)34-53(78-77-48)56-44(49-24-11-30-68-49)27-25-36-26-28-45-57(55(36)56)61(67-72-35-54-66(76-67)71-33-32-69-54)59(47-19-10-17-42-39-14-3-7-22-51(39)74-63(42)47)58(46-18-9-16-41-38-13-2-6-21-50(38)73-62(41)46)60(45)65-64-43(29-31-70-65)40-15-4-8-23-52(40)75-64/h1-10,12-23,25-29,31-35,42,73,75H,11,24,30H2. The fourth-order valence-corrected chi connectivity index (χ4v) is 12.9. The minimum Gasteiger partial charge on any atom is -0.354 e. The highest BCUT2D eigenvalue weighted by molar-refractivity contribution is 6.38. The number of H-pyrrole nitrogens is 2. The number of hydrogen-bond donors (Lipinski definition) is 2. The maximum absolute atomic E-state index is 5.60. The van der Waals surface area contributed by atoms with Crippen molar-refractivity contribution in [3.63, 3.8) is 0 Å². The van der Waals surface area contributed by atoms with Crippen molar-refractivity contribution in [2.75, 3.05) is 6.54 Å². The van der Waals surface area contributed by atoms with Gasteiger partial charge in [0.1, 0.15) is 5.52 Å². The van der Waals surface area contributed by atoms with Crippen LogP contribution in [-0.4, -0.2) is 63.1 Å². The first-order valence-electron chi connectivity index (χ1n) is 26.4. The van der Waals surface area contributed by atoms with E-state index in [0.29, 0.717) is 17.0 Å². The van der Waals surface area contributed by atoms with Gasteiger partial charge in [0.05, 0.1) is 45.5 Å². The first kappa shape index (κ1) is 42.9. The summed E-state index contributed by atoms with van der Waals surface area (Å²) in [6, 6.07) is 53.7. The lowest BCUT2D eigenvalue weighted by molar-refractivity contribution is 0.951. The van der Waals surface area contributed by atoms with Gasteiger partial charge in [0.25, 0.3) is 0 Å². The molecule has 3 aliphatic rings. The van der Waals surface area contributed by atoms with Crippen LogP contribution in [0.15, 0.2) is 205 Å². The van der Waals surface area contributed by atoms with Gasteiger partial charge in [0.15, 0.2) is 11.5 Å². The molecule has 2 N–H and O–H groups in total. The maximum Gasteiger partial charge on any atom is 0.181 e. The SMILES string of the molecule is C1=CC2C(=Nc3ccccc32)C(c2c(-c3cccc4c3[nH]c3ccccc34)c(-c3nccc4c3[nH]c3ccccc34)c3ccc4ccc(C5=NCCC5)c(-c5cc6ccccc6nn5)c4c3c2-c2ncc3nccnc3n2)=C1. The number of nitrogens with zero attached hydrogens (tertiary/aromatic N) is 9. The van der Waals surface area contributed by atoms with Gasteiger partial charge in [-0.25, -0.2) is 19.9 Å². The molecule has 0 saturated carbocycles. The number of aromatic nitrogens is 9. The quantitative estimate of drug-likeness (QED) is 0.158. The van der Waals surface area contributed by atoms with Gasteiger partial charge in [-0.05, 0) is 65.6 Å². The van der Waals surface area contributed by atoms with Gasteiger partial charge in [-0.3, -0.25) is 15.0 Å². The smallest absolute Gasteiger partial charge is 0.181 e. The van der Waals surface area contributed by atoms with Crippen molar-refractivity contribution >= 4 is 110 Å². The molecule has 0 saturated heterocycles. The molecule has 0 spiro atoms. The molecule has 2 aliphatic heterocycles. The van der Waals surface area contributed by atoms with Crippen molar-refractivity contribution in [3.05, 3.63) is 211 Å². The van der Waals surface area contributed by atoms with Gasteiger partial charge >= 0.3 is 0 Å². The molecule has 1 atom stereocenters. The van der Waals surface area contributed by atoms with E-state index >= 15 is 0 Å². The molecule has 1 aliphatic carbocycles. The zero-order valence-electron chi connectivity index (χ0n) is 41.7. The van der Waals surface area contributed by atoms with E-state index in [4.69, 9.17) is 45.1 Å². The Morgan fingerprint density at radius 3 is 2.22 bits per heavy atom. The molecule has 8 heterocycles. The summed E-state index contributed by atoms with van der Waals surface area (Å²) in [4.78, 5) is 44.6. The second-order valence-corrected chi connectivity index (χ2v) is 20.4. The van der Waals surface area contributed by atoms with Crippen LogP contribution in [0.4, 0.5) is 5.69 Å². The van der Waals surface area contributed by atoms with Gasteiger partial charge in [0.2, 0.25) is 0 Å². The van der Waals surface area contributed by atoms with Crippen LogP contribution >= 0.6 is 0 Å². The summed E-state index contributed by atoms with van der Waals surface area (Å²) in [7, 11) is 0. The predicted molar refractivity (Wildman–Crippen MR) is 316 cm³/mol. The Balaban J connectivity index is 1.16. The Morgan fingerprint density at radius 1 is 0.526 bits per heavy atom. The zero-order valence-corrected chi connectivity index (χ0v) is 41.7. The average Bonchev–Trinajstić information content (AvgIpc) is 4.30. The van der Waals surface area contributed by atoms with E-state index in [-0.39, 0.29) is 5.92 Å². The Hall–Kier alpha value is -10.4. The fourth-order valence-electron chi connectivity index (χ4n) is 12.9. The summed E-state index contributed by atoms with van der Waals surface area (Å²) >= 11 is 0. The third kappa shape index (κ3) is 6.23. The van der Waals surface area contributed by atoms with E-state index in [1.807, 2.05) is 18.3 Å². The summed E-state index contributed by atoms with van der Waals surface area (Å²) < 4.78 is 0. The summed E-state index contributed by atoms with van der Waals surface area (Å²) in [5.41, 5.74) is 19.1. The Bertz CT molecular complexity index is 5100. The fraction of sp³-hybridized carbons (Fsp3) is 0.0597. The number of pyridine rings is 1. The lowest BCUT2D eigenvalue weighted by Gasteiger charge is -2.28. The summed E-state index contributed by atoms with van der Waals surface area (Å²) in [6.45, 7) is 0.757. The van der Waals surface area contributed by atoms with Crippen molar-refractivity contribution < 1.29 is 0 Å². The third-order valence-corrected chi connectivity index (χ3v) is 16.2. The molecule has 0 fully saturated rings. The molecule has 0 bridgehead atoms. The number of aromatic amines is 2. The molecule has 17 rings (SSSR count). The van der Waals surface area contributed by atoms with Crippen LogP contribution in [0.2, 0.25) is 0 Å². The summed E-state index contributed by atoms with van der Waals surface area (Å²) in [6.07, 6.45) is 15.6. The van der Waals surface area contributed by atoms with Gasteiger partial charge in [-0.15, -0.1) is 10.2 Å². The van der Waals surface area contributed by atoms with Crippen LogP contribution in [0.25, 0.3) is 138 Å². The molecular formula is C67H41N11. The number of para-hydroxylation sites is 4. The Morgan fingerprint density at radius 2 is 1.32 bits per heavy atom. The summed E-state index contributed by atoms with van der Waals surface area (Å²) in [5, 5.41) is 19.3. The molecule has 11 heteroatoms. The van der Waals surface area contributed by atoms with E-state index in [0.717, 1.165) is 174 Å². The Labute approximate surface area is 444 Å². The zero-order chi connectivity index (χ0) is 51.0. The number of hydrogen-bond acceptors (Lipinski definition) is 9. The number of rotatable bonds is 6. The molecule has 6 aromatic heterocycles. The highest BCUT2D eigenvalue weighted by atomic mass is 15.1. The van der Waals surface area contributed by atoms with Crippen molar-refractivity contribution in [1.29, 1.82) is 0 Å². The number of fused-ring (bicyclic) bond motifs is 14. The highest BCUT2D eigenvalue weighted by Gasteiger charge is 2.37. The molecule has 78 heavy (non-hydrogen) atoms. The Kier molecular flexibility index (Phi) is 9.11. The van der Waals surface area contributed by atoms with Crippen molar-refractivity contribution in [3.8, 4) is 45.0 Å². The molecular weight excluding hydrogens is 959 g/mol. The van der Waals surface area contributed by atoms with Crippen LogP contribution < -0.4 is 0 Å². The number of allylic oxidation sites excluding steroid dienone is 4. The monoisotopic (exact) mass is 999 g/mol. The van der Waals surface area contributed by atoms with E-state index in [9.17, 15) is 0 Å². The summed E-state index contributed by atoms with van der Waals surface area (Å²) in [5.74, 6) is 0.373. The topological polar surface area (TPSA) is 147 Å². The van der Waals surface area contributed by atoms with Gasteiger partial charge in [-0.1, -0.05) is 133 Å². The lowest BCUT2D eigenvalue weighted by atomic mass is 9.75. The predicted octanol–water partition coefficient (Wildman–Crippen LogP) is 15.4. The molecule has 1 unspecified atom stereocenters. The number of aliphatic imine (C=N–C) groups is 2. The van der Waals surface area contributed by atoms with Crippen LogP contribution in [0.1, 0.15) is 35.4 Å². The largest absolute Gasteiger partial charge is 0.354 e. The van der Waals surface area contributed by atoms with Crippen LogP contribution in [0, 0.1) is 0 Å². The van der Waals surface area contributed by atoms with Crippen LogP contribution in [0.3, 0.4) is 0 Å². The number of nitrogens with one attached hydrogen (secondary N) is 2. The molecule has 11 nitrogen and oxygen atoms in total. The first-order chi connectivity index (χ1) is 38.7. The highest BCUT2D eigenvalue weighted by Crippen LogP contribution is 2.56. The second-order valence-electron chi connectivity index (χ2n) is 20.4. The third-order valence-electron chi connectivity index (χ3n) is 16.2. The van der Waals surface area contributed by atoms with E-state index < -0.39 is 0 Å². The minimum atomic E-state index is -0.119. The van der Waals surface area contributed by atoms with E-state index in [1.54, 1.807) is 18.6 Å². The van der Waals surface area contributed by atoms with Gasteiger partial charge in [0, 0.05) is 130 Å². The van der Waals surface area contributed by atoms with Crippen LogP contribution in [0.5, 0.6) is 0 Å².